The number of esters is 1. The summed E-state index contributed by atoms with van der Waals surface area (Å²) in [6.45, 7) is 5.73. The van der Waals surface area contributed by atoms with Crippen LogP contribution in [0.2, 0.25) is 0 Å². The Balaban J connectivity index is 1.83. The Hall–Kier alpha value is -2.71. The van der Waals surface area contributed by atoms with E-state index in [0.717, 1.165) is 5.56 Å². The van der Waals surface area contributed by atoms with E-state index in [1.54, 1.807) is 37.9 Å². The van der Waals surface area contributed by atoms with Crippen LogP contribution in [0, 0.1) is 0 Å². The molecule has 0 saturated heterocycles. The Morgan fingerprint density at radius 3 is 2.59 bits per heavy atom. The molecule has 0 radical (unpaired) electrons. The largest absolute Gasteiger partial charge is 0.516 e. The number of aromatic nitrogens is 2. The fourth-order valence-electron chi connectivity index (χ4n) is 2.21. The van der Waals surface area contributed by atoms with Crippen molar-refractivity contribution in [3.05, 3.63) is 54.1 Å². The molecular weight excluding hydrogens is 350 g/mol. The second kappa shape index (κ2) is 9.29. The Bertz CT molecular complexity index is 752. The molecule has 1 aromatic carbocycles. The van der Waals surface area contributed by atoms with E-state index in [4.69, 9.17) is 15.2 Å². The van der Waals surface area contributed by atoms with Crippen LogP contribution in [0.3, 0.4) is 0 Å². The van der Waals surface area contributed by atoms with Crippen molar-refractivity contribution in [2.45, 2.75) is 52.2 Å². The van der Waals surface area contributed by atoms with Crippen molar-refractivity contribution in [1.29, 1.82) is 0 Å². The predicted molar refractivity (Wildman–Crippen MR) is 97.5 cm³/mol. The van der Waals surface area contributed by atoms with E-state index in [9.17, 15) is 9.59 Å². The summed E-state index contributed by atoms with van der Waals surface area (Å²) in [5.74, 6) is -0.859. The van der Waals surface area contributed by atoms with Gasteiger partial charge in [-0.2, -0.15) is 0 Å². The van der Waals surface area contributed by atoms with Crippen molar-refractivity contribution in [1.82, 2.24) is 9.55 Å². The second-order valence-corrected chi connectivity index (χ2v) is 7.01. The second-order valence-electron chi connectivity index (χ2n) is 7.01. The van der Waals surface area contributed by atoms with Crippen molar-refractivity contribution in [3.8, 4) is 0 Å². The highest BCUT2D eigenvalue weighted by atomic mass is 16.7. The van der Waals surface area contributed by atoms with E-state index in [1.165, 1.54) is 0 Å². The van der Waals surface area contributed by atoms with E-state index < -0.39 is 23.8 Å². The fraction of sp³-hybridized carbons (Fsp3) is 0.421. The summed E-state index contributed by atoms with van der Waals surface area (Å²) in [7, 11) is 0. The number of nitrogens with zero attached hydrogens (tertiary/aromatic N) is 2. The molecule has 146 valence electrons. The third kappa shape index (κ3) is 7.20. The van der Waals surface area contributed by atoms with Gasteiger partial charge in [0.05, 0.1) is 12.9 Å². The number of carbonyl (C=O) groups is 2. The van der Waals surface area contributed by atoms with Gasteiger partial charge in [-0.3, -0.25) is 0 Å². The molecule has 0 aliphatic rings. The smallest absolute Gasteiger partial charge is 0.428 e. The number of benzene rings is 1. The van der Waals surface area contributed by atoms with Gasteiger partial charge >= 0.3 is 12.1 Å². The van der Waals surface area contributed by atoms with Crippen molar-refractivity contribution in [2.75, 3.05) is 0 Å². The first-order chi connectivity index (χ1) is 12.7. The van der Waals surface area contributed by atoms with Crippen LogP contribution in [0.4, 0.5) is 4.79 Å². The Kier molecular flexibility index (Phi) is 7.09. The normalized spacial score (nSPS) is 12.4. The van der Waals surface area contributed by atoms with E-state index in [1.807, 2.05) is 30.3 Å². The number of hydrogen-bond donors (Lipinski definition) is 1. The lowest BCUT2D eigenvalue weighted by Gasteiger charge is -2.19. The summed E-state index contributed by atoms with van der Waals surface area (Å²) >= 11 is 0. The van der Waals surface area contributed by atoms with Crippen LogP contribution in [-0.4, -0.2) is 33.3 Å². The zero-order valence-electron chi connectivity index (χ0n) is 15.8. The summed E-state index contributed by atoms with van der Waals surface area (Å²) in [6, 6.07) is 8.74. The van der Waals surface area contributed by atoms with Gasteiger partial charge in [0.1, 0.15) is 18.4 Å². The third-order valence-electron chi connectivity index (χ3n) is 3.45. The van der Waals surface area contributed by atoms with Gasteiger partial charge in [-0.25, -0.2) is 14.6 Å². The first-order valence-corrected chi connectivity index (χ1v) is 8.55. The van der Waals surface area contributed by atoms with Gasteiger partial charge in [0.25, 0.3) is 0 Å². The van der Waals surface area contributed by atoms with Crippen LogP contribution in [0.25, 0.3) is 0 Å². The molecule has 0 aliphatic heterocycles. The molecule has 1 heterocycles. The Morgan fingerprint density at radius 1 is 1.22 bits per heavy atom. The lowest BCUT2D eigenvalue weighted by molar-refractivity contribution is -0.143. The Morgan fingerprint density at radius 2 is 1.93 bits per heavy atom. The topological polar surface area (TPSA) is 106 Å². The first-order valence-electron chi connectivity index (χ1n) is 8.55. The number of carbonyl (C=O) groups excluding carboxylic acids is 2. The van der Waals surface area contributed by atoms with Crippen LogP contribution in [0.1, 0.15) is 32.0 Å². The summed E-state index contributed by atoms with van der Waals surface area (Å²) in [6.07, 6.45) is 2.26. The van der Waals surface area contributed by atoms with Crippen molar-refractivity contribution < 1.29 is 23.8 Å². The number of nitrogens with two attached hydrogens (primary N) is 1. The van der Waals surface area contributed by atoms with Gasteiger partial charge in [-0.15, -0.1) is 0 Å². The molecule has 0 fully saturated rings. The number of imidazole rings is 1. The van der Waals surface area contributed by atoms with Gasteiger partial charge in [0.2, 0.25) is 0 Å². The minimum absolute atomic E-state index is 0.149. The number of rotatable bonds is 7. The molecule has 2 N–H and O–H groups in total. The highest BCUT2D eigenvalue weighted by Gasteiger charge is 2.24. The quantitative estimate of drug-likeness (QED) is 0.585. The number of ether oxygens (including phenoxy) is 3. The van der Waals surface area contributed by atoms with Crippen molar-refractivity contribution >= 4 is 12.1 Å². The molecule has 1 aromatic heterocycles. The summed E-state index contributed by atoms with van der Waals surface area (Å²) < 4.78 is 17.0. The lowest BCUT2D eigenvalue weighted by Crippen LogP contribution is -2.37. The maximum Gasteiger partial charge on any atom is 0.516 e. The molecular formula is C19H25N3O5. The van der Waals surface area contributed by atoms with Gasteiger partial charge in [-0.05, 0) is 26.3 Å². The molecule has 0 amide bonds. The molecule has 27 heavy (non-hydrogen) atoms. The highest BCUT2D eigenvalue weighted by Crippen LogP contribution is 2.10. The molecule has 0 saturated carbocycles. The maximum atomic E-state index is 12.0. The molecule has 0 bridgehead atoms. The summed E-state index contributed by atoms with van der Waals surface area (Å²) in [5, 5.41) is 0. The Labute approximate surface area is 158 Å². The molecule has 1 atom stereocenters. The molecule has 0 spiro atoms. The molecule has 8 nitrogen and oxygen atoms in total. The van der Waals surface area contributed by atoms with E-state index in [2.05, 4.69) is 9.72 Å². The minimum atomic E-state index is -1.07. The van der Waals surface area contributed by atoms with E-state index in [-0.39, 0.29) is 13.2 Å². The third-order valence-corrected chi connectivity index (χ3v) is 3.45. The zero-order valence-corrected chi connectivity index (χ0v) is 15.8. The average Bonchev–Trinajstić information content (AvgIpc) is 3.01. The number of hydrogen-bond acceptors (Lipinski definition) is 7. The lowest BCUT2D eigenvalue weighted by atomic mass is 10.2. The maximum absolute atomic E-state index is 12.0. The van der Waals surface area contributed by atoms with Gasteiger partial charge < -0.3 is 24.5 Å². The molecule has 2 aromatic rings. The summed E-state index contributed by atoms with van der Waals surface area (Å²) in [4.78, 5) is 27.6. The van der Waals surface area contributed by atoms with Gasteiger partial charge in [0, 0.05) is 18.3 Å². The van der Waals surface area contributed by atoms with Crippen LogP contribution >= 0.6 is 0 Å². The average molecular weight is 375 g/mol. The van der Waals surface area contributed by atoms with Crippen LogP contribution in [0.15, 0.2) is 42.9 Å². The van der Waals surface area contributed by atoms with Gasteiger partial charge in [-0.1, -0.05) is 30.3 Å². The standard InChI is InChI=1S/C19H25N3O5/c1-19(2,3)27-18(24)26-17(23)16(20)9-15-10-21-12-22(15)13-25-11-14-7-5-4-6-8-14/h4-8,10,12,16H,9,11,13,20H2,1-3H3/t16-/m0/s1. The minimum Gasteiger partial charge on any atom is -0.428 e. The van der Waals surface area contributed by atoms with Crippen molar-refractivity contribution in [2.24, 2.45) is 5.73 Å². The SMILES string of the molecule is CC(C)(C)OC(=O)OC(=O)[C@@H](N)Cc1cncn1COCc1ccccc1. The molecule has 0 aliphatic carbocycles. The fourth-order valence-corrected chi connectivity index (χ4v) is 2.21. The highest BCUT2D eigenvalue weighted by molar-refractivity contribution is 5.85. The molecule has 8 heteroatoms. The summed E-state index contributed by atoms with van der Waals surface area (Å²) in [5.41, 5.74) is 6.84. The van der Waals surface area contributed by atoms with Crippen LogP contribution in [0.5, 0.6) is 0 Å². The van der Waals surface area contributed by atoms with Crippen LogP contribution in [-0.2, 0) is 38.8 Å². The molecule has 0 unspecified atom stereocenters. The predicted octanol–water partition coefficient (Wildman–Crippen LogP) is 2.41. The van der Waals surface area contributed by atoms with Crippen LogP contribution < -0.4 is 5.73 Å². The molecule has 2 rings (SSSR count). The monoisotopic (exact) mass is 375 g/mol. The van der Waals surface area contributed by atoms with Crippen molar-refractivity contribution in [3.63, 3.8) is 0 Å². The van der Waals surface area contributed by atoms with Gasteiger partial charge in [0.15, 0.2) is 0 Å². The van der Waals surface area contributed by atoms with E-state index in [0.29, 0.717) is 12.3 Å². The van der Waals surface area contributed by atoms with E-state index >= 15 is 0 Å². The first kappa shape index (κ1) is 20.6. The zero-order chi connectivity index (χ0) is 19.9.